The molecule has 0 radical (unpaired) electrons. The van der Waals surface area contributed by atoms with Gasteiger partial charge in [0.25, 0.3) is 0 Å². The van der Waals surface area contributed by atoms with Crippen molar-refractivity contribution in [1.29, 1.82) is 0 Å². The van der Waals surface area contributed by atoms with Crippen LogP contribution >= 0.6 is 11.6 Å². The average Bonchev–Trinajstić information content (AvgIpc) is 3.21. The van der Waals surface area contributed by atoms with Crippen molar-refractivity contribution in [1.82, 2.24) is 4.90 Å². The van der Waals surface area contributed by atoms with Crippen molar-refractivity contribution in [3.05, 3.63) is 58.8 Å². The van der Waals surface area contributed by atoms with E-state index in [0.717, 1.165) is 70.5 Å². The van der Waals surface area contributed by atoms with E-state index in [-0.39, 0.29) is 5.91 Å². The second-order valence-electron chi connectivity index (χ2n) is 8.06. The van der Waals surface area contributed by atoms with Crippen molar-refractivity contribution >= 4 is 34.1 Å². The van der Waals surface area contributed by atoms with Gasteiger partial charge in [0.15, 0.2) is 0 Å². The predicted octanol–water partition coefficient (Wildman–Crippen LogP) is 6.88. The van der Waals surface area contributed by atoms with Crippen LogP contribution in [0.25, 0.3) is 27.7 Å². The molecule has 2 heterocycles. The van der Waals surface area contributed by atoms with Gasteiger partial charge in [-0.25, -0.2) is 0 Å². The summed E-state index contributed by atoms with van der Waals surface area (Å²) >= 11 is 6.07. The smallest absolute Gasteiger partial charge is 0.246 e. The fraction of sp³-hybridized carbons (Fsp3) is 0.346. The van der Waals surface area contributed by atoms with Crippen molar-refractivity contribution in [2.45, 2.75) is 40.0 Å². The number of carbonyl (C=O) groups excluding carboxylic acids is 1. The molecule has 0 N–H and O–H groups in total. The third-order valence-corrected chi connectivity index (χ3v) is 6.17. The molecule has 0 bridgehead atoms. The molecule has 3 aromatic rings. The first-order valence-corrected chi connectivity index (χ1v) is 11.3. The van der Waals surface area contributed by atoms with Gasteiger partial charge in [-0.2, -0.15) is 0 Å². The highest BCUT2D eigenvalue weighted by atomic mass is 35.5. The van der Waals surface area contributed by atoms with Gasteiger partial charge in [-0.3, -0.25) is 4.79 Å². The van der Waals surface area contributed by atoms with E-state index in [2.05, 4.69) is 6.07 Å². The highest BCUT2D eigenvalue weighted by Gasteiger charge is 2.20. The third kappa shape index (κ3) is 4.35. The van der Waals surface area contributed by atoms with Gasteiger partial charge in [-0.15, -0.1) is 0 Å². The maximum atomic E-state index is 12.8. The van der Waals surface area contributed by atoms with Crippen LogP contribution in [0, 0.1) is 6.92 Å². The normalized spacial score (nSPS) is 14.8. The van der Waals surface area contributed by atoms with Gasteiger partial charge >= 0.3 is 0 Å². The molecule has 5 heteroatoms. The van der Waals surface area contributed by atoms with E-state index in [1.54, 1.807) is 12.3 Å². The highest BCUT2D eigenvalue weighted by molar-refractivity contribution is 6.30. The lowest BCUT2D eigenvalue weighted by atomic mass is 9.96. The summed E-state index contributed by atoms with van der Waals surface area (Å²) in [6.07, 6.45) is 6.88. The molecule has 1 fully saturated rings. The minimum absolute atomic E-state index is 0.0718. The number of carbonyl (C=O) groups is 1. The van der Waals surface area contributed by atoms with Gasteiger partial charge < -0.3 is 14.1 Å². The average molecular weight is 438 g/mol. The van der Waals surface area contributed by atoms with Crippen LogP contribution in [0.4, 0.5) is 0 Å². The summed E-state index contributed by atoms with van der Waals surface area (Å²) in [5.41, 5.74) is 5.58. The zero-order valence-corrected chi connectivity index (χ0v) is 19.1. The molecule has 2 aromatic carbocycles. The van der Waals surface area contributed by atoms with Gasteiger partial charge in [0.05, 0.1) is 12.9 Å². The minimum Gasteiger partial charge on any atom is -0.493 e. The first-order valence-electron chi connectivity index (χ1n) is 10.9. The first-order chi connectivity index (χ1) is 15.0. The fourth-order valence-corrected chi connectivity index (χ4v) is 4.39. The van der Waals surface area contributed by atoms with E-state index in [9.17, 15) is 4.79 Å². The van der Waals surface area contributed by atoms with Crippen LogP contribution in [-0.4, -0.2) is 30.5 Å². The number of fused-ring (bicyclic) bond motifs is 1. The van der Waals surface area contributed by atoms with Crippen molar-refractivity contribution in [3.63, 3.8) is 0 Å². The molecule has 1 aromatic heterocycles. The Bertz CT molecular complexity index is 1120. The molecule has 4 rings (SSSR count). The Morgan fingerprint density at radius 2 is 1.90 bits per heavy atom. The van der Waals surface area contributed by atoms with E-state index >= 15 is 0 Å². The van der Waals surface area contributed by atoms with Crippen LogP contribution < -0.4 is 4.74 Å². The van der Waals surface area contributed by atoms with E-state index in [1.165, 1.54) is 6.42 Å². The number of allylic oxidation sites excluding steroid dienone is 1. The molecule has 1 aliphatic heterocycles. The summed E-state index contributed by atoms with van der Waals surface area (Å²) in [6.45, 7) is 8.16. The van der Waals surface area contributed by atoms with E-state index in [4.69, 9.17) is 20.8 Å². The lowest BCUT2D eigenvalue weighted by molar-refractivity contribution is -0.126. The SMILES string of the molecule is CCOc1c(/C(C)=C/C(=O)N2CCCCC2)cc2c(-c3ccc(Cl)cc3)coc2c1C. The van der Waals surface area contributed by atoms with Gasteiger partial charge in [0.1, 0.15) is 11.3 Å². The third-order valence-electron chi connectivity index (χ3n) is 5.92. The van der Waals surface area contributed by atoms with Gasteiger partial charge in [0.2, 0.25) is 5.91 Å². The summed E-state index contributed by atoms with van der Waals surface area (Å²) in [6, 6.07) is 9.80. The number of aryl methyl sites for hydroxylation is 1. The topological polar surface area (TPSA) is 42.7 Å². The second kappa shape index (κ2) is 9.19. The maximum Gasteiger partial charge on any atom is 0.246 e. The van der Waals surface area contributed by atoms with E-state index < -0.39 is 0 Å². The molecule has 1 aliphatic rings. The molecule has 1 amide bonds. The lowest BCUT2D eigenvalue weighted by Crippen LogP contribution is -2.34. The van der Waals surface area contributed by atoms with Crippen LogP contribution in [0.3, 0.4) is 0 Å². The molecular weight excluding hydrogens is 410 g/mol. The van der Waals surface area contributed by atoms with Gasteiger partial charge in [-0.1, -0.05) is 23.7 Å². The Kier molecular flexibility index (Phi) is 6.38. The number of halogens is 1. The number of rotatable bonds is 5. The molecule has 0 aliphatic carbocycles. The first kappa shape index (κ1) is 21.5. The summed E-state index contributed by atoms with van der Waals surface area (Å²) < 4.78 is 12.0. The van der Waals surface area contributed by atoms with Gasteiger partial charge in [0, 0.05) is 46.3 Å². The van der Waals surface area contributed by atoms with E-state index in [1.807, 2.05) is 49.9 Å². The summed E-state index contributed by atoms with van der Waals surface area (Å²) in [5.74, 6) is 0.842. The minimum atomic E-state index is 0.0718. The Labute approximate surface area is 188 Å². The monoisotopic (exact) mass is 437 g/mol. The fourth-order valence-electron chi connectivity index (χ4n) is 4.26. The maximum absolute atomic E-state index is 12.8. The molecule has 1 saturated heterocycles. The van der Waals surface area contributed by atoms with Gasteiger partial charge in [-0.05, 0) is 69.4 Å². The lowest BCUT2D eigenvalue weighted by Gasteiger charge is -2.25. The number of nitrogens with zero attached hydrogens (tertiary/aromatic N) is 1. The number of likely N-dealkylation sites (tertiary alicyclic amines) is 1. The Morgan fingerprint density at radius 1 is 1.19 bits per heavy atom. The second-order valence-corrected chi connectivity index (χ2v) is 8.49. The number of benzene rings is 2. The van der Waals surface area contributed by atoms with Crippen LogP contribution in [0.15, 0.2) is 47.1 Å². The zero-order valence-electron chi connectivity index (χ0n) is 18.3. The van der Waals surface area contributed by atoms with Crippen LogP contribution in [-0.2, 0) is 4.79 Å². The number of ether oxygens (including phenoxy) is 1. The molecule has 0 spiro atoms. The predicted molar refractivity (Wildman–Crippen MR) is 127 cm³/mol. The summed E-state index contributed by atoms with van der Waals surface area (Å²) in [4.78, 5) is 14.8. The van der Waals surface area contributed by atoms with Crippen molar-refractivity contribution in [3.8, 4) is 16.9 Å². The Balaban J connectivity index is 1.81. The summed E-state index contributed by atoms with van der Waals surface area (Å²) in [5, 5.41) is 1.69. The molecular formula is C26H28ClNO3. The molecule has 162 valence electrons. The largest absolute Gasteiger partial charge is 0.493 e. The molecule has 31 heavy (non-hydrogen) atoms. The number of hydrogen-bond acceptors (Lipinski definition) is 3. The number of amides is 1. The zero-order chi connectivity index (χ0) is 22.0. The number of piperidine rings is 1. The van der Waals surface area contributed by atoms with Crippen molar-refractivity contribution in [2.75, 3.05) is 19.7 Å². The van der Waals surface area contributed by atoms with Crippen LogP contribution in [0.1, 0.15) is 44.2 Å². The highest BCUT2D eigenvalue weighted by Crippen LogP contribution is 2.41. The standard InChI is InChI=1S/C26H28ClNO3/c1-4-30-25-18(3)26-22(23(16-31-26)19-8-10-20(27)11-9-19)15-21(25)17(2)14-24(29)28-12-6-5-7-13-28/h8-11,14-16H,4-7,12-13H2,1-3H3/b17-14+. The van der Waals surface area contributed by atoms with Crippen molar-refractivity contribution < 1.29 is 13.9 Å². The Morgan fingerprint density at radius 3 is 2.58 bits per heavy atom. The molecule has 4 nitrogen and oxygen atoms in total. The molecule has 0 unspecified atom stereocenters. The quantitative estimate of drug-likeness (QED) is 0.409. The van der Waals surface area contributed by atoms with E-state index in [0.29, 0.717) is 11.6 Å². The van der Waals surface area contributed by atoms with Crippen molar-refractivity contribution in [2.24, 2.45) is 0 Å². The molecule has 0 atom stereocenters. The number of furan rings is 1. The Hall–Kier alpha value is -2.72. The summed E-state index contributed by atoms with van der Waals surface area (Å²) in [7, 11) is 0. The number of hydrogen-bond donors (Lipinski definition) is 0. The van der Waals surface area contributed by atoms with Crippen LogP contribution in [0.5, 0.6) is 5.75 Å². The molecule has 0 saturated carbocycles. The van der Waals surface area contributed by atoms with Crippen LogP contribution in [0.2, 0.25) is 5.02 Å².